The van der Waals surface area contributed by atoms with Gasteiger partial charge in [0.1, 0.15) is 6.54 Å². The minimum atomic E-state index is -3.68. The van der Waals surface area contributed by atoms with Gasteiger partial charge in [0.15, 0.2) is 0 Å². The number of benzene rings is 2. The first-order valence-corrected chi connectivity index (χ1v) is 11.7. The summed E-state index contributed by atoms with van der Waals surface area (Å²) in [6.07, 6.45) is 3.02. The third-order valence-electron chi connectivity index (χ3n) is 5.01. The predicted molar refractivity (Wildman–Crippen MR) is 118 cm³/mol. The lowest BCUT2D eigenvalue weighted by molar-refractivity contribution is -0.114. The predicted octanol–water partition coefficient (Wildman–Crippen LogP) is 2.94. The number of carbonyl (C=O) groups excluding carboxylic acids is 2. The number of anilines is 2. The molecule has 7 nitrogen and oxygen atoms in total. The highest BCUT2D eigenvalue weighted by atomic mass is 32.2. The van der Waals surface area contributed by atoms with Crippen LogP contribution in [0.3, 0.4) is 0 Å². The molecule has 0 atom stereocenters. The van der Waals surface area contributed by atoms with Gasteiger partial charge in [-0.3, -0.25) is 13.9 Å². The van der Waals surface area contributed by atoms with Gasteiger partial charge in [-0.1, -0.05) is 18.2 Å². The number of likely N-dealkylation sites (tertiary alicyclic amines) is 1. The van der Waals surface area contributed by atoms with Gasteiger partial charge in [0.05, 0.1) is 23.2 Å². The Kier molecular flexibility index (Phi) is 6.45. The average Bonchev–Trinajstić information content (AvgIpc) is 3.19. The van der Waals surface area contributed by atoms with Crippen molar-refractivity contribution in [2.24, 2.45) is 0 Å². The fourth-order valence-corrected chi connectivity index (χ4v) is 4.52. The van der Waals surface area contributed by atoms with Crippen molar-refractivity contribution >= 4 is 33.2 Å². The number of rotatable bonds is 6. The van der Waals surface area contributed by atoms with Gasteiger partial charge in [0, 0.05) is 13.1 Å². The molecule has 1 saturated heterocycles. The molecule has 1 N–H and O–H groups in total. The molecule has 0 radical (unpaired) electrons. The van der Waals surface area contributed by atoms with E-state index in [-0.39, 0.29) is 12.5 Å². The van der Waals surface area contributed by atoms with E-state index in [1.165, 1.54) is 0 Å². The summed E-state index contributed by atoms with van der Waals surface area (Å²) < 4.78 is 25.8. The number of sulfonamides is 1. The molecule has 3 rings (SSSR count). The number of carbonyl (C=O) groups is 2. The molecule has 2 amide bonds. The van der Waals surface area contributed by atoms with Crippen LogP contribution in [0.25, 0.3) is 0 Å². The minimum Gasteiger partial charge on any atom is -0.339 e. The van der Waals surface area contributed by atoms with Gasteiger partial charge in [-0.2, -0.15) is 0 Å². The van der Waals surface area contributed by atoms with Gasteiger partial charge in [-0.15, -0.1) is 0 Å². The summed E-state index contributed by atoms with van der Waals surface area (Å²) in [6.45, 7) is 4.77. The van der Waals surface area contributed by atoms with Crippen molar-refractivity contribution in [1.82, 2.24) is 4.90 Å². The number of hydrogen-bond acceptors (Lipinski definition) is 4. The molecule has 1 fully saturated rings. The molecule has 8 heteroatoms. The lowest BCUT2D eigenvalue weighted by Crippen LogP contribution is -2.38. The standard InChI is InChI=1S/C22H27N3O4S/c1-16-12-17(2)14-18(13-16)25(30(3,28)29)15-21(26)23-20-9-5-4-8-19(20)22(27)24-10-6-7-11-24/h4-5,8-9,12-14H,6-7,10-11,15H2,1-3H3,(H,23,26). The van der Waals surface area contributed by atoms with Crippen LogP contribution in [0.15, 0.2) is 42.5 Å². The van der Waals surface area contributed by atoms with Crippen LogP contribution in [0.4, 0.5) is 11.4 Å². The average molecular weight is 430 g/mol. The smallest absolute Gasteiger partial charge is 0.255 e. The van der Waals surface area contributed by atoms with Gasteiger partial charge in [0.2, 0.25) is 15.9 Å². The summed E-state index contributed by atoms with van der Waals surface area (Å²) in [6, 6.07) is 12.2. The number of amides is 2. The Balaban J connectivity index is 1.82. The van der Waals surface area contributed by atoms with Crippen LogP contribution in [0.2, 0.25) is 0 Å². The van der Waals surface area contributed by atoms with E-state index in [0.717, 1.165) is 34.5 Å². The van der Waals surface area contributed by atoms with Crippen LogP contribution >= 0.6 is 0 Å². The Morgan fingerprint density at radius 2 is 1.63 bits per heavy atom. The lowest BCUT2D eigenvalue weighted by Gasteiger charge is -2.23. The van der Waals surface area contributed by atoms with Crippen molar-refractivity contribution < 1.29 is 18.0 Å². The zero-order valence-corrected chi connectivity index (χ0v) is 18.3. The van der Waals surface area contributed by atoms with Crippen LogP contribution in [0, 0.1) is 13.8 Å². The summed E-state index contributed by atoms with van der Waals surface area (Å²) in [5.41, 5.74) is 3.03. The molecule has 1 heterocycles. The number of para-hydroxylation sites is 1. The molecule has 160 valence electrons. The van der Waals surface area contributed by atoms with Gasteiger partial charge in [-0.05, 0) is 62.1 Å². The summed E-state index contributed by atoms with van der Waals surface area (Å²) >= 11 is 0. The van der Waals surface area contributed by atoms with Crippen molar-refractivity contribution in [2.75, 3.05) is 35.5 Å². The summed E-state index contributed by atoms with van der Waals surface area (Å²) in [7, 11) is -3.68. The largest absolute Gasteiger partial charge is 0.339 e. The highest BCUT2D eigenvalue weighted by Crippen LogP contribution is 2.23. The first-order chi connectivity index (χ1) is 14.1. The molecule has 0 aromatic heterocycles. The second-order valence-electron chi connectivity index (χ2n) is 7.71. The van der Waals surface area contributed by atoms with Crippen molar-refractivity contribution in [1.29, 1.82) is 0 Å². The normalized spacial score (nSPS) is 13.9. The number of nitrogens with one attached hydrogen (secondary N) is 1. The van der Waals surface area contributed by atoms with Crippen LogP contribution in [0.5, 0.6) is 0 Å². The van der Waals surface area contributed by atoms with Crippen LogP contribution in [-0.2, 0) is 14.8 Å². The number of hydrogen-bond donors (Lipinski definition) is 1. The maximum atomic E-state index is 12.8. The first-order valence-electron chi connectivity index (χ1n) is 9.89. The zero-order chi connectivity index (χ0) is 21.9. The lowest BCUT2D eigenvalue weighted by atomic mass is 10.1. The van der Waals surface area contributed by atoms with E-state index in [1.807, 2.05) is 19.9 Å². The van der Waals surface area contributed by atoms with Crippen molar-refractivity contribution in [3.05, 3.63) is 59.2 Å². The van der Waals surface area contributed by atoms with Gasteiger partial charge >= 0.3 is 0 Å². The second-order valence-corrected chi connectivity index (χ2v) is 9.62. The molecule has 0 bridgehead atoms. The van der Waals surface area contributed by atoms with E-state index in [1.54, 1.807) is 41.3 Å². The zero-order valence-electron chi connectivity index (χ0n) is 17.5. The SMILES string of the molecule is Cc1cc(C)cc(N(CC(=O)Nc2ccccc2C(=O)N2CCCC2)S(C)(=O)=O)c1. The third-order valence-corrected chi connectivity index (χ3v) is 6.15. The maximum absolute atomic E-state index is 12.8. The first kappa shape index (κ1) is 21.8. The van der Waals surface area contributed by atoms with Crippen LogP contribution in [0.1, 0.15) is 34.3 Å². The molecular formula is C22H27N3O4S. The Morgan fingerprint density at radius 3 is 2.23 bits per heavy atom. The Bertz CT molecular complexity index is 1040. The highest BCUT2D eigenvalue weighted by Gasteiger charge is 2.24. The van der Waals surface area contributed by atoms with Crippen molar-refractivity contribution in [3.8, 4) is 0 Å². The van der Waals surface area contributed by atoms with Gasteiger partial charge in [-0.25, -0.2) is 8.42 Å². The van der Waals surface area contributed by atoms with E-state index < -0.39 is 15.9 Å². The molecule has 0 spiro atoms. The number of nitrogens with zero attached hydrogens (tertiary/aromatic N) is 2. The summed E-state index contributed by atoms with van der Waals surface area (Å²) in [5.74, 6) is -0.640. The molecule has 0 saturated carbocycles. The molecular weight excluding hydrogens is 402 g/mol. The Hall–Kier alpha value is -2.87. The topological polar surface area (TPSA) is 86.8 Å². The second kappa shape index (κ2) is 8.87. The van der Waals surface area contributed by atoms with E-state index in [2.05, 4.69) is 5.32 Å². The maximum Gasteiger partial charge on any atom is 0.255 e. The van der Waals surface area contributed by atoms with E-state index in [9.17, 15) is 18.0 Å². The minimum absolute atomic E-state index is 0.127. The Morgan fingerprint density at radius 1 is 1.03 bits per heavy atom. The van der Waals surface area contributed by atoms with Crippen LogP contribution in [-0.4, -0.2) is 51.0 Å². The highest BCUT2D eigenvalue weighted by molar-refractivity contribution is 7.92. The van der Waals surface area contributed by atoms with E-state index >= 15 is 0 Å². The van der Waals surface area contributed by atoms with Crippen molar-refractivity contribution in [2.45, 2.75) is 26.7 Å². The molecule has 30 heavy (non-hydrogen) atoms. The van der Waals surface area contributed by atoms with Crippen molar-refractivity contribution in [3.63, 3.8) is 0 Å². The molecule has 1 aliphatic heterocycles. The fourth-order valence-electron chi connectivity index (χ4n) is 3.68. The fraction of sp³-hybridized carbons (Fsp3) is 0.364. The van der Waals surface area contributed by atoms with E-state index in [0.29, 0.717) is 30.0 Å². The van der Waals surface area contributed by atoms with Gasteiger partial charge in [0.25, 0.3) is 5.91 Å². The molecule has 0 unspecified atom stereocenters. The van der Waals surface area contributed by atoms with Crippen LogP contribution < -0.4 is 9.62 Å². The summed E-state index contributed by atoms with van der Waals surface area (Å²) in [4.78, 5) is 27.3. The molecule has 2 aromatic rings. The molecule has 0 aliphatic carbocycles. The van der Waals surface area contributed by atoms with Gasteiger partial charge < -0.3 is 10.2 Å². The quantitative estimate of drug-likeness (QED) is 0.765. The molecule has 2 aromatic carbocycles. The Labute approximate surface area is 177 Å². The monoisotopic (exact) mass is 429 g/mol. The number of aryl methyl sites for hydroxylation is 2. The van der Waals surface area contributed by atoms with E-state index in [4.69, 9.17) is 0 Å². The summed E-state index contributed by atoms with van der Waals surface area (Å²) in [5, 5.41) is 2.72. The molecule has 1 aliphatic rings. The third kappa shape index (κ3) is 5.18.